The Hall–Kier alpha value is -3.35. The maximum Gasteiger partial charge on any atom is 0.319 e. The molecular formula is C22H25N5O2. The van der Waals surface area contributed by atoms with Gasteiger partial charge in [0.25, 0.3) is 0 Å². The minimum Gasteiger partial charge on any atom is -0.444 e. The van der Waals surface area contributed by atoms with Crippen molar-refractivity contribution in [2.45, 2.75) is 33.2 Å². The molecule has 1 aromatic carbocycles. The van der Waals surface area contributed by atoms with E-state index in [1.54, 1.807) is 12.5 Å². The second-order valence-electron chi connectivity index (χ2n) is 7.35. The molecule has 0 bridgehead atoms. The van der Waals surface area contributed by atoms with Crippen LogP contribution >= 0.6 is 0 Å². The lowest BCUT2D eigenvalue weighted by molar-refractivity contribution is 0.251. The molecule has 0 aliphatic carbocycles. The topological polar surface area (TPSA) is 83.3 Å². The first-order valence-electron chi connectivity index (χ1n) is 9.86. The molecule has 1 fully saturated rings. The predicted octanol–water partition coefficient (Wildman–Crippen LogP) is 4.28. The monoisotopic (exact) mass is 391 g/mol. The van der Waals surface area contributed by atoms with Gasteiger partial charge >= 0.3 is 6.03 Å². The molecule has 0 radical (unpaired) electrons. The second kappa shape index (κ2) is 8.34. The van der Waals surface area contributed by atoms with Gasteiger partial charge in [-0.2, -0.15) is 0 Å². The fourth-order valence-electron chi connectivity index (χ4n) is 3.41. The summed E-state index contributed by atoms with van der Waals surface area (Å²) >= 11 is 0. The largest absolute Gasteiger partial charge is 0.444 e. The molecule has 0 atom stereocenters. The Bertz CT molecular complexity index is 1010. The van der Waals surface area contributed by atoms with Crippen LogP contribution in [0.2, 0.25) is 0 Å². The van der Waals surface area contributed by atoms with Gasteiger partial charge in [0.15, 0.2) is 0 Å². The van der Waals surface area contributed by atoms with Crippen molar-refractivity contribution in [2.75, 3.05) is 23.3 Å². The van der Waals surface area contributed by atoms with Crippen LogP contribution in [0.3, 0.4) is 0 Å². The number of hydrogen-bond acceptors (Lipinski definition) is 5. The Balaban J connectivity index is 1.39. The Morgan fingerprint density at radius 2 is 2.00 bits per heavy atom. The third kappa shape index (κ3) is 4.56. The molecule has 1 aliphatic rings. The van der Waals surface area contributed by atoms with Gasteiger partial charge in [-0.05, 0) is 62.1 Å². The summed E-state index contributed by atoms with van der Waals surface area (Å²) in [5, 5.41) is 5.84. The number of anilines is 2. The van der Waals surface area contributed by atoms with Gasteiger partial charge in [0.05, 0.1) is 5.69 Å². The SMILES string of the molecule is Cc1coc(-c2ccc(C)c(NC(=O)NCc3ccnc(N4CCCC4)c3)c2)n1. The van der Waals surface area contributed by atoms with Crippen LogP contribution < -0.4 is 15.5 Å². The Morgan fingerprint density at radius 1 is 1.17 bits per heavy atom. The molecule has 7 heteroatoms. The minimum absolute atomic E-state index is 0.256. The fraction of sp³-hybridized carbons (Fsp3) is 0.318. The lowest BCUT2D eigenvalue weighted by Crippen LogP contribution is -2.28. The molecule has 29 heavy (non-hydrogen) atoms. The molecule has 4 rings (SSSR count). The standard InChI is InChI=1S/C22H25N5O2/c1-15-5-6-18(21-25-16(2)14-29-21)12-19(15)26-22(28)24-13-17-7-8-23-20(11-17)27-9-3-4-10-27/h5-8,11-12,14H,3-4,9-10,13H2,1-2H3,(H2,24,26,28). The highest BCUT2D eigenvalue weighted by molar-refractivity contribution is 5.90. The highest BCUT2D eigenvalue weighted by Gasteiger charge is 2.14. The number of nitrogens with one attached hydrogen (secondary N) is 2. The molecule has 0 unspecified atom stereocenters. The van der Waals surface area contributed by atoms with Gasteiger partial charge in [-0.25, -0.2) is 14.8 Å². The number of aromatic nitrogens is 2. The van der Waals surface area contributed by atoms with Crippen molar-refractivity contribution < 1.29 is 9.21 Å². The van der Waals surface area contributed by atoms with E-state index in [1.807, 2.05) is 44.2 Å². The van der Waals surface area contributed by atoms with Crippen molar-refractivity contribution >= 4 is 17.5 Å². The van der Waals surface area contributed by atoms with Gasteiger partial charge in [0.2, 0.25) is 5.89 Å². The highest BCUT2D eigenvalue weighted by atomic mass is 16.3. The van der Waals surface area contributed by atoms with E-state index in [2.05, 4.69) is 25.5 Å². The number of aryl methyl sites for hydroxylation is 2. The molecular weight excluding hydrogens is 366 g/mol. The average molecular weight is 391 g/mol. The van der Waals surface area contributed by atoms with Crippen molar-refractivity contribution in [1.82, 2.24) is 15.3 Å². The molecule has 7 nitrogen and oxygen atoms in total. The predicted molar refractivity (Wildman–Crippen MR) is 113 cm³/mol. The van der Waals surface area contributed by atoms with Crippen LogP contribution in [0.5, 0.6) is 0 Å². The summed E-state index contributed by atoms with van der Waals surface area (Å²) in [6, 6.07) is 9.46. The number of hydrogen-bond donors (Lipinski definition) is 2. The van der Waals surface area contributed by atoms with Gasteiger partial charge in [-0.1, -0.05) is 6.07 Å². The van der Waals surface area contributed by atoms with Gasteiger partial charge in [-0.15, -0.1) is 0 Å². The van der Waals surface area contributed by atoms with E-state index in [0.29, 0.717) is 12.4 Å². The van der Waals surface area contributed by atoms with E-state index >= 15 is 0 Å². The summed E-state index contributed by atoms with van der Waals surface area (Å²) < 4.78 is 5.46. The summed E-state index contributed by atoms with van der Waals surface area (Å²) in [5.41, 5.74) is 4.36. The summed E-state index contributed by atoms with van der Waals surface area (Å²) in [7, 11) is 0. The molecule has 0 saturated carbocycles. The van der Waals surface area contributed by atoms with E-state index in [4.69, 9.17) is 4.42 Å². The van der Waals surface area contributed by atoms with Crippen molar-refractivity contribution in [2.24, 2.45) is 0 Å². The lowest BCUT2D eigenvalue weighted by atomic mass is 10.1. The number of carbonyl (C=O) groups is 1. The maximum absolute atomic E-state index is 12.4. The van der Waals surface area contributed by atoms with Crippen LogP contribution in [0.4, 0.5) is 16.3 Å². The summed E-state index contributed by atoms with van der Waals surface area (Å²) in [4.78, 5) is 23.5. The maximum atomic E-state index is 12.4. The van der Waals surface area contributed by atoms with Crippen LogP contribution in [0.1, 0.15) is 29.7 Å². The van der Waals surface area contributed by atoms with Crippen LogP contribution in [0.15, 0.2) is 47.2 Å². The van der Waals surface area contributed by atoms with E-state index < -0.39 is 0 Å². The molecule has 3 aromatic rings. The first-order valence-corrected chi connectivity index (χ1v) is 9.86. The van der Waals surface area contributed by atoms with E-state index in [9.17, 15) is 4.79 Å². The zero-order chi connectivity index (χ0) is 20.2. The molecule has 150 valence electrons. The fourth-order valence-corrected chi connectivity index (χ4v) is 3.41. The first-order chi connectivity index (χ1) is 14.1. The lowest BCUT2D eigenvalue weighted by Gasteiger charge is -2.17. The quantitative estimate of drug-likeness (QED) is 0.678. The Labute approximate surface area is 170 Å². The summed E-state index contributed by atoms with van der Waals surface area (Å²) in [6.07, 6.45) is 5.82. The molecule has 2 amide bonds. The summed E-state index contributed by atoms with van der Waals surface area (Å²) in [5.74, 6) is 1.52. The van der Waals surface area contributed by atoms with Crippen molar-refractivity contribution in [3.63, 3.8) is 0 Å². The normalized spacial score (nSPS) is 13.5. The van der Waals surface area contributed by atoms with Gasteiger partial charge in [-0.3, -0.25) is 0 Å². The number of rotatable bonds is 5. The number of pyridine rings is 1. The van der Waals surface area contributed by atoms with Crippen LogP contribution in [0.25, 0.3) is 11.5 Å². The molecule has 2 N–H and O–H groups in total. The molecule has 2 aromatic heterocycles. The van der Waals surface area contributed by atoms with Crippen molar-refractivity contribution in [3.05, 3.63) is 59.6 Å². The van der Waals surface area contributed by atoms with Gasteiger partial charge < -0.3 is 20.0 Å². The average Bonchev–Trinajstić information content (AvgIpc) is 3.40. The third-order valence-electron chi connectivity index (χ3n) is 5.04. The smallest absolute Gasteiger partial charge is 0.319 e. The first kappa shape index (κ1) is 19.0. The zero-order valence-corrected chi connectivity index (χ0v) is 16.7. The van der Waals surface area contributed by atoms with Gasteiger partial charge in [0, 0.05) is 37.1 Å². The molecule has 0 spiro atoms. The number of carbonyl (C=O) groups excluding carboxylic acids is 1. The Kier molecular flexibility index (Phi) is 5.46. The van der Waals surface area contributed by atoms with Crippen LogP contribution in [0, 0.1) is 13.8 Å². The van der Waals surface area contributed by atoms with Gasteiger partial charge in [0.1, 0.15) is 12.1 Å². The van der Waals surface area contributed by atoms with Crippen LogP contribution in [-0.4, -0.2) is 29.1 Å². The second-order valence-corrected chi connectivity index (χ2v) is 7.35. The number of nitrogens with zero attached hydrogens (tertiary/aromatic N) is 3. The number of oxazole rings is 1. The van der Waals surface area contributed by atoms with E-state index in [1.165, 1.54) is 12.8 Å². The van der Waals surface area contributed by atoms with Crippen molar-refractivity contribution in [3.8, 4) is 11.5 Å². The third-order valence-corrected chi connectivity index (χ3v) is 5.04. The molecule has 1 saturated heterocycles. The highest BCUT2D eigenvalue weighted by Crippen LogP contribution is 2.25. The zero-order valence-electron chi connectivity index (χ0n) is 16.7. The minimum atomic E-state index is -0.256. The summed E-state index contributed by atoms with van der Waals surface area (Å²) in [6.45, 7) is 6.36. The van der Waals surface area contributed by atoms with Crippen LogP contribution in [-0.2, 0) is 6.54 Å². The Morgan fingerprint density at radius 3 is 2.76 bits per heavy atom. The number of amides is 2. The molecule has 3 heterocycles. The number of benzene rings is 1. The molecule has 1 aliphatic heterocycles. The number of urea groups is 1. The van der Waals surface area contributed by atoms with E-state index in [-0.39, 0.29) is 6.03 Å². The van der Waals surface area contributed by atoms with E-state index in [0.717, 1.165) is 47.0 Å². The van der Waals surface area contributed by atoms with Crippen molar-refractivity contribution in [1.29, 1.82) is 0 Å².